The maximum atomic E-state index is 11.9. The normalized spacial score (nSPS) is 27.0. The number of hydrogen-bond acceptors (Lipinski definition) is 1. The first kappa shape index (κ1) is 6.96. The number of alkyl halides is 1. The van der Waals surface area contributed by atoms with Crippen molar-refractivity contribution in [1.29, 1.82) is 0 Å². The molecule has 3 heteroatoms. The Labute approximate surface area is 54.3 Å². The summed E-state index contributed by atoms with van der Waals surface area (Å²) >= 11 is 0. The molecule has 0 N–H and O–H groups in total. The fraction of sp³-hybridized carbons (Fsp3) is 1.00. The fourth-order valence-electron chi connectivity index (χ4n) is 0.874. The Balaban J connectivity index is 2.37. The van der Waals surface area contributed by atoms with Gasteiger partial charge in [-0.2, -0.15) is 0 Å². The number of nitrogens with zero attached hydrogens (tertiary/aromatic N) is 1. The van der Waals surface area contributed by atoms with Crippen molar-refractivity contribution in [1.82, 2.24) is 4.90 Å². The lowest BCUT2D eigenvalue weighted by Crippen LogP contribution is -2.54. The first-order chi connectivity index (χ1) is 4.17. The van der Waals surface area contributed by atoms with Gasteiger partial charge in [-0.1, -0.05) is 0 Å². The SMILES string of the molecule is CC([O])(CF)N1CCC1. The van der Waals surface area contributed by atoms with Crippen LogP contribution in [0.1, 0.15) is 13.3 Å². The van der Waals surface area contributed by atoms with Crippen molar-refractivity contribution in [2.75, 3.05) is 19.8 Å². The van der Waals surface area contributed by atoms with Crippen LogP contribution in [0.4, 0.5) is 4.39 Å². The van der Waals surface area contributed by atoms with Gasteiger partial charge in [-0.15, -0.1) is 0 Å². The van der Waals surface area contributed by atoms with Gasteiger partial charge in [0.05, 0.1) is 0 Å². The minimum atomic E-state index is -1.45. The molecule has 1 aliphatic rings. The van der Waals surface area contributed by atoms with Crippen molar-refractivity contribution in [2.45, 2.75) is 19.1 Å². The largest absolute Gasteiger partial charge is 0.271 e. The van der Waals surface area contributed by atoms with Gasteiger partial charge in [-0.25, -0.2) is 9.50 Å². The van der Waals surface area contributed by atoms with E-state index >= 15 is 0 Å². The zero-order chi connectivity index (χ0) is 6.91. The van der Waals surface area contributed by atoms with Crippen LogP contribution in [0.3, 0.4) is 0 Å². The van der Waals surface area contributed by atoms with Gasteiger partial charge < -0.3 is 0 Å². The average molecular weight is 132 g/mol. The van der Waals surface area contributed by atoms with E-state index in [4.69, 9.17) is 0 Å². The second-order valence-corrected chi connectivity index (χ2v) is 2.65. The third kappa shape index (κ3) is 1.22. The summed E-state index contributed by atoms with van der Waals surface area (Å²) in [6.07, 6.45) is 1.04. The Kier molecular flexibility index (Phi) is 1.73. The maximum Gasteiger partial charge on any atom is 0.182 e. The predicted molar refractivity (Wildman–Crippen MR) is 31.3 cm³/mol. The number of halogens is 1. The fourth-order valence-corrected chi connectivity index (χ4v) is 0.874. The Morgan fingerprint density at radius 2 is 2.22 bits per heavy atom. The summed E-state index contributed by atoms with van der Waals surface area (Å²) in [6.45, 7) is 2.15. The molecule has 9 heavy (non-hydrogen) atoms. The maximum absolute atomic E-state index is 11.9. The summed E-state index contributed by atoms with van der Waals surface area (Å²) in [7, 11) is 0. The van der Waals surface area contributed by atoms with Gasteiger partial charge in [0.1, 0.15) is 6.67 Å². The Bertz CT molecular complexity index is 101. The molecule has 1 rings (SSSR count). The van der Waals surface area contributed by atoms with Gasteiger partial charge in [-0.05, 0) is 13.3 Å². The molecule has 1 fully saturated rings. The van der Waals surface area contributed by atoms with E-state index in [2.05, 4.69) is 0 Å². The molecule has 0 spiro atoms. The quantitative estimate of drug-likeness (QED) is 0.545. The summed E-state index contributed by atoms with van der Waals surface area (Å²) in [5.74, 6) is 0. The van der Waals surface area contributed by atoms with E-state index < -0.39 is 12.4 Å². The van der Waals surface area contributed by atoms with Crippen LogP contribution in [0, 0.1) is 0 Å². The van der Waals surface area contributed by atoms with Crippen LogP contribution in [0.25, 0.3) is 0 Å². The van der Waals surface area contributed by atoms with E-state index in [0.29, 0.717) is 0 Å². The minimum absolute atomic E-state index is 0.768. The van der Waals surface area contributed by atoms with Gasteiger partial charge in [0.15, 0.2) is 5.72 Å². The molecule has 1 atom stereocenters. The first-order valence-corrected chi connectivity index (χ1v) is 3.18. The van der Waals surface area contributed by atoms with E-state index in [0.717, 1.165) is 19.5 Å². The van der Waals surface area contributed by atoms with E-state index in [9.17, 15) is 9.50 Å². The number of likely N-dealkylation sites (tertiary alicyclic amines) is 1. The van der Waals surface area contributed by atoms with E-state index in [-0.39, 0.29) is 0 Å². The Hall–Kier alpha value is -0.150. The molecule has 2 nitrogen and oxygen atoms in total. The van der Waals surface area contributed by atoms with Crippen molar-refractivity contribution in [3.05, 3.63) is 0 Å². The molecule has 0 saturated carbocycles. The van der Waals surface area contributed by atoms with Crippen LogP contribution in [0.15, 0.2) is 0 Å². The molecule has 1 saturated heterocycles. The van der Waals surface area contributed by atoms with Crippen LogP contribution in [-0.4, -0.2) is 30.4 Å². The van der Waals surface area contributed by atoms with Crippen LogP contribution < -0.4 is 0 Å². The topological polar surface area (TPSA) is 23.1 Å². The summed E-state index contributed by atoms with van der Waals surface area (Å²) < 4.78 is 11.9. The standard InChI is InChI=1S/C6H11FNO/c1-6(9,5-7)8-3-2-4-8/h2-5H2,1H3. The molecule has 53 valence electrons. The smallest absolute Gasteiger partial charge is 0.182 e. The van der Waals surface area contributed by atoms with Crippen molar-refractivity contribution in [2.24, 2.45) is 0 Å². The molecule has 0 amide bonds. The predicted octanol–water partition coefficient (Wildman–Crippen LogP) is 0.808. The molecule has 0 aromatic heterocycles. The Morgan fingerprint density at radius 1 is 1.67 bits per heavy atom. The summed E-state index contributed by atoms with van der Waals surface area (Å²) in [5, 5.41) is 11.0. The molecule has 1 radical (unpaired) electrons. The molecule has 1 unspecified atom stereocenters. The lowest BCUT2D eigenvalue weighted by molar-refractivity contribution is -0.175. The highest BCUT2D eigenvalue weighted by atomic mass is 19.1. The summed E-state index contributed by atoms with van der Waals surface area (Å²) in [6, 6.07) is 0. The van der Waals surface area contributed by atoms with Gasteiger partial charge in [0.25, 0.3) is 0 Å². The highest BCUT2D eigenvalue weighted by Gasteiger charge is 2.34. The number of hydrogen-bond donors (Lipinski definition) is 0. The molecular weight excluding hydrogens is 121 g/mol. The van der Waals surface area contributed by atoms with E-state index in [1.165, 1.54) is 6.92 Å². The lowest BCUT2D eigenvalue weighted by Gasteiger charge is -2.39. The van der Waals surface area contributed by atoms with Gasteiger partial charge in [-0.3, -0.25) is 4.90 Å². The minimum Gasteiger partial charge on any atom is -0.271 e. The molecule has 1 aliphatic heterocycles. The monoisotopic (exact) mass is 132 g/mol. The lowest BCUT2D eigenvalue weighted by atomic mass is 10.1. The highest BCUT2D eigenvalue weighted by Crippen LogP contribution is 2.19. The summed E-state index contributed by atoms with van der Waals surface area (Å²) in [4.78, 5) is 1.62. The van der Waals surface area contributed by atoms with Crippen molar-refractivity contribution >= 4 is 0 Å². The first-order valence-electron chi connectivity index (χ1n) is 3.18. The van der Waals surface area contributed by atoms with Gasteiger partial charge in [0.2, 0.25) is 0 Å². The average Bonchev–Trinajstić information content (AvgIpc) is 1.60. The van der Waals surface area contributed by atoms with Crippen LogP contribution in [0.2, 0.25) is 0 Å². The summed E-state index contributed by atoms with van der Waals surface area (Å²) in [5.41, 5.74) is -1.45. The second-order valence-electron chi connectivity index (χ2n) is 2.65. The number of rotatable bonds is 2. The van der Waals surface area contributed by atoms with Crippen LogP contribution >= 0.6 is 0 Å². The van der Waals surface area contributed by atoms with Crippen molar-refractivity contribution in [3.63, 3.8) is 0 Å². The van der Waals surface area contributed by atoms with Gasteiger partial charge in [0, 0.05) is 13.1 Å². The molecule has 0 bridgehead atoms. The third-order valence-electron chi connectivity index (χ3n) is 1.77. The third-order valence-corrected chi connectivity index (χ3v) is 1.77. The molecule has 0 aromatic rings. The molecular formula is C6H11FNO. The second kappa shape index (κ2) is 2.23. The van der Waals surface area contributed by atoms with Crippen LogP contribution in [-0.2, 0) is 5.11 Å². The van der Waals surface area contributed by atoms with Crippen LogP contribution in [0.5, 0.6) is 0 Å². The van der Waals surface area contributed by atoms with E-state index in [1.54, 1.807) is 4.90 Å². The Morgan fingerprint density at radius 3 is 2.33 bits per heavy atom. The molecule has 0 aromatic carbocycles. The highest BCUT2D eigenvalue weighted by molar-refractivity contribution is 4.79. The van der Waals surface area contributed by atoms with Crippen molar-refractivity contribution in [3.8, 4) is 0 Å². The zero-order valence-electron chi connectivity index (χ0n) is 5.56. The van der Waals surface area contributed by atoms with Crippen molar-refractivity contribution < 1.29 is 9.50 Å². The van der Waals surface area contributed by atoms with E-state index in [1.807, 2.05) is 0 Å². The zero-order valence-corrected chi connectivity index (χ0v) is 5.56. The molecule has 1 heterocycles. The van der Waals surface area contributed by atoms with Gasteiger partial charge >= 0.3 is 0 Å². The molecule has 0 aliphatic carbocycles.